The zero-order valence-corrected chi connectivity index (χ0v) is 8.86. The van der Waals surface area contributed by atoms with Crippen LogP contribution in [0.25, 0.3) is 0 Å². The summed E-state index contributed by atoms with van der Waals surface area (Å²) in [5.74, 6) is 1.34. The van der Waals surface area contributed by atoms with E-state index in [4.69, 9.17) is 0 Å². The lowest BCUT2D eigenvalue weighted by molar-refractivity contribution is 0.659. The molecule has 1 rings (SSSR count). The average molecular weight is 260 g/mol. The minimum atomic E-state index is 0.238. The summed E-state index contributed by atoms with van der Waals surface area (Å²) >= 11 is 0.238. The molecule has 0 spiro atoms. The summed E-state index contributed by atoms with van der Waals surface area (Å²) < 4.78 is 4.78. The fourth-order valence-electron chi connectivity index (χ4n) is 0.950. The Morgan fingerprint density at radius 1 is 1.55 bits per heavy atom. The summed E-state index contributed by atoms with van der Waals surface area (Å²) in [6.07, 6.45) is 8.45. The summed E-state index contributed by atoms with van der Waals surface area (Å²) in [6, 6.07) is 0. The van der Waals surface area contributed by atoms with Crippen molar-refractivity contribution < 1.29 is 0 Å². The first-order valence-electron chi connectivity index (χ1n) is 3.76. The summed E-state index contributed by atoms with van der Waals surface area (Å²) in [6.45, 7) is 5.92. The number of rotatable bonds is 2. The second-order valence-corrected chi connectivity index (χ2v) is 4.78. The summed E-state index contributed by atoms with van der Waals surface area (Å²) in [5, 5.41) is 0. The molecule has 1 unspecified atom stereocenters. The van der Waals surface area contributed by atoms with E-state index in [9.17, 15) is 0 Å². The number of halogens is 1. The number of hydrogen-bond donors (Lipinski definition) is 0. The van der Waals surface area contributed by atoms with E-state index in [1.54, 1.807) is 0 Å². The molecule has 1 aliphatic rings. The lowest BCUT2D eigenvalue weighted by atomic mass is 9.96. The molecule has 0 aromatic heterocycles. The van der Waals surface area contributed by atoms with E-state index < -0.39 is 0 Å². The van der Waals surface area contributed by atoms with Gasteiger partial charge in [0.05, 0.1) is 0 Å². The summed E-state index contributed by atoms with van der Waals surface area (Å²) in [4.78, 5) is 0. The highest BCUT2D eigenvalue weighted by Crippen LogP contribution is 2.21. The minimum Gasteiger partial charge on any atom is -0.0991 e. The maximum atomic E-state index is 3.66. The first kappa shape index (κ1) is 8.91. The van der Waals surface area contributed by atoms with Crippen molar-refractivity contribution in [1.29, 1.82) is 0 Å². The highest BCUT2D eigenvalue weighted by atomic mass is 127. The van der Waals surface area contributed by atoms with Gasteiger partial charge >= 0.3 is 0 Å². The van der Waals surface area contributed by atoms with Crippen molar-refractivity contribution in [3.05, 3.63) is 35.0 Å². The van der Waals surface area contributed by atoms with E-state index in [2.05, 4.69) is 33.7 Å². The normalized spacial score (nSPS) is 30.3. The van der Waals surface area contributed by atoms with Gasteiger partial charge in [-0.25, -0.2) is 0 Å². The monoisotopic (exact) mass is 260 g/mol. The molecule has 0 N–H and O–H groups in total. The van der Waals surface area contributed by atoms with E-state index in [-0.39, 0.29) is 20.7 Å². The van der Waals surface area contributed by atoms with Crippen LogP contribution in [0.1, 0.15) is 6.92 Å². The number of hydrogen-bond acceptors (Lipinski definition) is 0. The third kappa shape index (κ3) is 2.73. The molecular weight excluding hydrogens is 247 g/mol. The Bertz CT molecular complexity index is 211. The first-order valence-corrected chi connectivity index (χ1v) is 6.25. The SMILES string of the molecule is C=C/C=C\[C@H]1C=IC=CC1C. The van der Waals surface area contributed by atoms with E-state index in [0.29, 0.717) is 11.8 Å². The molecule has 0 amide bonds. The van der Waals surface area contributed by atoms with Gasteiger partial charge in [0, 0.05) is 5.92 Å². The van der Waals surface area contributed by atoms with Crippen LogP contribution in [-0.4, -0.2) is 4.01 Å². The number of allylic oxidation sites excluding steroid dienone is 4. The summed E-state index contributed by atoms with van der Waals surface area (Å²) in [5.41, 5.74) is 0. The molecule has 0 aliphatic carbocycles. The van der Waals surface area contributed by atoms with Crippen LogP contribution in [0.5, 0.6) is 0 Å². The largest absolute Gasteiger partial charge is 0.0991 e. The Morgan fingerprint density at radius 3 is 3.00 bits per heavy atom. The van der Waals surface area contributed by atoms with Crippen LogP contribution in [0, 0.1) is 11.8 Å². The molecule has 1 heterocycles. The van der Waals surface area contributed by atoms with Crippen molar-refractivity contribution in [2.24, 2.45) is 11.8 Å². The highest BCUT2D eigenvalue weighted by Gasteiger charge is 2.09. The van der Waals surface area contributed by atoms with Gasteiger partial charge in [-0.05, 0) is 14.0 Å². The van der Waals surface area contributed by atoms with Crippen LogP contribution in [0.2, 0.25) is 0 Å². The maximum Gasteiger partial charge on any atom is 0.00669 e. The van der Waals surface area contributed by atoms with Crippen LogP contribution in [0.3, 0.4) is 0 Å². The molecule has 0 saturated heterocycles. The molecule has 60 valence electrons. The van der Waals surface area contributed by atoms with Crippen molar-refractivity contribution in [3.8, 4) is 0 Å². The lowest BCUT2D eigenvalue weighted by Crippen LogP contribution is -2.08. The molecular formula is C10H13I. The minimum absolute atomic E-state index is 0.238. The highest BCUT2D eigenvalue weighted by molar-refractivity contribution is 14.2. The van der Waals surface area contributed by atoms with Crippen molar-refractivity contribution >= 4 is 24.7 Å². The molecule has 0 aromatic carbocycles. The Hall–Kier alpha value is -0.180. The van der Waals surface area contributed by atoms with E-state index in [1.165, 1.54) is 0 Å². The molecule has 0 saturated carbocycles. The standard InChI is InChI=1S/C10H13I/c1-3-4-5-10-8-11-7-6-9(10)2/h3-10H,1H2,2H3/b5-4-/t9?,10-/m0/s1. The zero-order chi connectivity index (χ0) is 8.10. The molecule has 1 aliphatic heterocycles. The van der Waals surface area contributed by atoms with Gasteiger partial charge in [-0.3, -0.25) is 0 Å². The second kappa shape index (κ2) is 4.65. The van der Waals surface area contributed by atoms with E-state index >= 15 is 0 Å². The van der Waals surface area contributed by atoms with E-state index in [1.807, 2.05) is 12.2 Å². The lowest BCUT2D eigenvalue weighted by Gasteiger charge is -2.15. The summed E-state index contributed by atoms with van der Waals surface area (Å²) in [7, 11) is 0. The third-order valence-electron chi connectivity index (χ3n) is 1.74. The van der Waals surface area contributed by atoms with Gasteiger partial charge in [0.2, 0.25) is 0 Å². The van der Waals surface area contributed by atoms with Crippen molar-refractivity contribution in [3.63, 3.8) is 0 Å². The second-order valence-electron chi connectivity index (χ2n) is 2.63. The third-order valence-corrected chi connectivity index (χ3v) is 3.82. The van der Waals surface area contributed by atoms with Crippen LogP contribution in [-0.2, 0) is 0 Å². The van der Waals surface area contributed by atoms with Crippen molar-refractivity contribution in [2.45, 2.75) is 6.92 Å². The maximum absolute atomic E-state index is 3.66. The fourth-order valence-corrected chi connectivity index (χ4v) is 3.46. The quantitative estimate of drug-likeness (QED) is 0.528. The van der Waals surface area contributed by atoms with Gasteiger partial charge in [-0.1, -0.05) is 58.5 Å². The average Bonchev–Trinajstić information content (AvgIpc) is 2.03. The van der Waals surface area contributed by atoms with Crippen molar-refractivity contribution in [1.82, 2.24) is 0 Å². The Kier molecular flexibility index (Phi) is 3.77. The van der Waals surface area contributed by atoms with E-state index in [0.717, 1.165) is 0 Å². The molecule has 0 bridgehead atoms. The Morgan fingerprint density at radius 2 is 2.36 bits per heavy atom. The fraction of sp³-hybridized carbons (Fsp3) is 0.300. The molecule has 11 heavy (non-hydrogen) atoms. The van der Waals surface area contributed by atoms with Gasteiger partial charge in [0.25, 0.3) is 0 Å². The van der Waals surface area contributed by atoms with Crippen LogP contribution >= 0.6 is 20.7 Å². The van der Waals surface area contributed by atoms with Crippen LogP contribution in [0.4, 0.5) is 0 Å². The molecule has 2 atom stereocenters. The topological polar surface area (TPSA) is 0 Å². The molecule has 0 nitrogen and oxygen atoms in total. The first-order chi connectivity index (χ1) is 5.34. The van der Waals surface area contributed by atoms with Gasteiger partial charge in [-0.15, -0.1) is 0 Å². The van der Waals surface area contributed by atoms with Gasteiger partial charge in [0.1, 0.15) is 0 Å². The smallest absolute Gasteiger partial charge is 0.00669 e. The van der Waals surface area contributed by atoms with Crippen molar-refractivity contribution in [2.75, 3.05) is 0 Å². The zero-order valence-electron chi connectivity index (χ0n) is 6.70. The predicted octanol–water partition coefficient (Wildman–Crippen LogP) is 3.28. The van der Waals surface area contributed by atoms with Gasteiger partial charge in [-0.2, -0.15) is 0 Å². The Balaban J connectivity index is 2.58. The molecule has 0 fully saturated rings. The van der Waals surface area contributed by atoms with Gasteiger partial charge < -0.3 is 0 Å². The molecule has 0 aromatic rings. The van der Waals surface area contributed by atoms with Crippen LogP contribution < -0.4 is 0 Å². The molecule has 0 radical (unpaired) electrons. The Labute approximate surface area is 78.4 Å². The molecule has 1 heteroatoms. The predicted molar refractivity (Wildman–Crippen MR) is 61.2 cm³/mol. The van der Waals surface area contributed by atoms with Gasteiger partial charge in [0.15, 0.2) is 0 Å². The van der Waals surface area contributed by atoms with Crippen LogP contribution in [0.15, 0.2) is 35.0 Å².